The fraction of sp³-hybridized carbons (Fsp3) is 0.333. The van der Waals surface area contributed by atoms with E-state index in [9.17, 15) is 18.0 Å². The lowest BCUT2D eigenvalue weighted by Gasteiger charge is -2.04. The van der Waals surface area contributed by atoms with E-state index in [1.807, 2.05) is 0 Å². The highest BCUT2D eigenvalue weighted by molar-refractivity contribution is 7.17. The van der Waals surface area contributed by atoms with Crippen molar-refractivity contribution in [2.45, 2.75) is 6.18 Å². The molecule has 0 saturated heterocycles. The molecule has 2 rings (SSSR count). The highest BCUT2D eigenvalue weighted by atomic mass is 32.1. The van der Waals surface area contributed by atoms with Crippen LogP contribution in [0.1, 0.15) is 15.4 Å². The van der Waals surface area contributed by atoms with Crippen LogP contribution in [0.15, 0.2) is 18.2 Å². The molecule has 2 aromatic rings. The maximum absolute atomic E-state index is 12.7. The number of hydrogen-bond acceptors (Lipinski definition) is 4. The van der Waals surface area contributed by atoms with Crippen molar-refractivity contribution >= 4 is 17.2 Å². The second-order valence-electron chi connectivity index (χ2n) is 4.24. The molecular formula is C12H13F3N4OS. The minimum absolute atomic E-state index is 0.188. The van der Waals surface area contributed by atoms with Gasteiger partial charge in [-0.3, -0.25) is 9.48 Å². The lowest BCUT2D eigenvalue weighted by Crippen LogP contribution is -2.28. The van der Waals surface area contributed by atoms with Crippen molar-refractivity contribution in [2.24, 2.45) is 12.8 Å². The monoisotopic (exact) mass is 318 g/mol. The van der Waals surface area contributed by atoms with Crippen LogP contribution in [0, 0.1) is 0 Å². The third kappa shape index (κ3) is 3.42. The second-order valence-corrected chi connectivity index (χ2v) is 5.33. The smallest absolute Gasteiger partial charge is 0.350 e. The third-order valence-corrected chi connectivity index (χ3v) is 3.79. The van der Waals surface area contributed by atoms with Crippen LogP contribution in [-0.4, -0.2) is 28.8 Å². The van der Waals surface area contributed by atoms with Gasteiger partial charge < -0.3 is 11.1 Å². The first-order chi connectivity index (χ1) is 9.82. The number of amides is 1. The Morgan fingerprint density at radius 1 is 1.48 bits per heavy atom. The van der Waals surface area contributed by atoms with Crippen molar-refractivity contribution in [1.82, 2.24) is 15.1 Å². The summed E-state index contributed by atoms with van der Waals surface area (Å²) in [6, 6.07) is 4.09. The number of nitrogens with two attached hydrogens (primary N) is 1. The van der Waals surface area contributed by atoms with Gasteiger partial charge in [0.25, 0.3) is 5.91 Å². The van der Waals surface area contributed by atoms with Crippen molar-refractivity contribution in [3.05, 3.63) is 28.8 Å². The molecule has 0 fully saturated rings. The van der Waals surface area contributed by atoms with Gasteiger partial charge in [-0.1, -0.05) is 0 Å². The maximum Gasteiger partial charge on any atom is 0.433 e. The topological polar surface area (TPSA) is 72.9 Å². The molecule has 3 N–H and O–H groups in total. The van der Waals surface area contributed by atoms with E-state index in [-0.39, 0.29) is 11.6 Å². The summed E-state index contributed by atoms with van der Waals surface area (Å²) in [5, 5.41) is 6.43. The third-order valence-electron chi connectivity index (χ3n) is 2.68. The minimum Gasteiger partial charge on any atom is -0.350 e. The number of nitrogens with one attached hydrogen (secondary N) is 1. The van der Waals surface area contributed by atoms with Crippen molar-refractivity contribution in [3.63, 3.8) is 0 Å². The zero-order valence-electron chi connectivity index (χ0n) is 11.1. The average Bonchev–Trinajstić information content (AvgIpc) is 3.01. The van der Waals surface area contributed by atoms with Gasteiger partial charge in [-0.2, -0.15) is 18.3 Å². The normalized spacial score (nSPS) is 11.7. The van der Waals surface area contributed by atoms with Gasteiger partial charge >= 0.3 is 6.18 Å². The molecule has 2 heterocycles. The van der Waals surface area contributed by atoms with Crippen LogP contribution >= 0.6 is 11.3 Å². The summed E-state index contributed by atoms with van der Waals surface area (Å²) < 4.78 is 38.9. The number of carbonyl (C=O) groups excluding carboxylic acids is 1. The van der Waals surface area contributed by atoms with E-state index in [2.05, 4.69) is 10.4 Å². The summed E-state index contributed by atoms with van der Waals surface area (Å²) in [4.78, 5) is 12.6. The Morgan fingerprint density at radius 2 is 2.19 bits per heavy atom. The number of nitrogens with zero attached hydrogens (tertiary/aromatic N) is 2. The summed E-state index contributed by atoms with van der Waals surface area (Å²) >= 11 is 1.08. The Balaban J connectivity index is 2.24. The summed E-state index contributed by atoms with van der Waals surface area (Å²) in [5.74, 6) is -0.302. The number of aromatic nitrogens is 2. The molecule has 114 valence electrons. The molecule has 9 heteroatoms. The first kappa shape index (κ1) is 15.5. The van der Waals surface area contributed by atoms with E-state index >= 15 is 0 Å². The highest BCUT2D eigenvalue weighted by Crippen LogP contribution is 2.34. The summed E-state index contributed by atoms with van der Waals surface area (Å²) in [7, 11) is 1.23. The van der Waals surface area contributed by atoms with Crippen LogP contribution in [-0.2, 0) is 13.2 Å². The Bertz CT molecular complexity index is 647. The van der Waals surface area contributed by atoms with Crippen LogP contribution in [0.3, 0.4) is 0 Å². The molecule has 2 aromatic heterocycles. The van der Waals surface area contributed by atoms with Gasteiger partial charge in [0.2, 0.25) is 0 Å². The fourth-order valence-corrected chi connectivity index (χ4v) is 2.60. The minimum atomic E-state index is -4.46. The largest absolute Gasteiger partial charge is 0.433 e. The lowest BCUT2D eigenvalue weighted by atomic mass is 10.3. The Hall–Kier alpha value is -1.87. The molecule has 21 heavy (non-hydrogen) atoms. The Labute approximate surface area is 122 Å². The van der Waals surface area contributed by atoms with Gasteiger partial charge in [0, 0.05) is 20.1 Å². The second kappa shape index (κ2) is 5.86. The van der Waals surface area contributed by atoms with E-state index in [1.54, 1.807) is 12.1 Å². The van der Waals surface area contributed by atoms with E-state index < -0.39 is 11.9 Å². The molecule has 5 nitrogen and oxygen atoms in total. The van der Waals surface area contributed by atoms with Gasteiger partial charge in [-0.05, 0) is 18.2 Å². The SMILES string of the molecule is Cn1nc(-c2ccc(C(=O)NCCN)s2)cc1C(F)(F)F. The maximum atomic E-state index is 12.7. The van der Waals surface area contributed by atoms with E-state index in [1.165, 1.54) is 7.05 Å². The molecule has 0 aliphatic carbocycles. The average molecular weight is 318 g/mol. The first-order valence-electron chi connectivity index (χ1n) is 6.02. The van der Waals surface area contributed by atoms with Gasteiger partial charge in [0.1, 0.15) is 11.4 Å². The van der Waals surface area contributed by atoms with Gasteiger partial charge in [0.15, 0.2) is 0 Å². The van der Waals surface area contributed by atoms with Crippen molar-refractivity contribution < 1.29 is 18.0 Å². The quantitative estimate of drug-likeness (QED) is 0.904. The van der Waals surface area contributed by atoms with Crippen LogP contribution in [0.5, 0.6) is 0 Å². The standard InChI is InChI=1S/C12H13F3N4OS/c1-19-10(12(13,14)15)6-7(18-19)8-2-3-9(21-8)11(20)17-5-4-16/h2-3,6H,4-5,16H2,1H3,(H,17,20). The molecule has 0 aromatic carbocycles. The molecule has 0 atom stereocenters. The van der Waals surface area contributed by atoms with Crippen LogP contribution in [0.2, 0.25) is 0 Å². The lowest BCUT2D eigenvalue weighted by molar-refractivity contribution is -0.143. The molecule has 0 saturated carbocycles. The zero-order chi connectivity index (χ0) is 15.6. The van der Waals surface area contributed by atoms with Crippen molar-refractivity contribution in [2.75, 3.05) is 13.1 Å². The van der Waals surface area contributed by atoms with E-state index in [0.717, 1.165) is 22.1 Å². The van der Waals surface area contributed by atoms with Gasteiger partial charge in [-0.25, -0.2) is 0 Å². The predicted octanol–water partition coefficient (Wildman–Crippen LogP) is 1.86. The molecule has 1 amide bonds. The van der Waals surface area contributed by atoms with Crippen molar-refractivity contribution in [1.29, 1.82) is 0 Å². The number of carbonyl (C=O) groups is 1. The van der Waals surface area contributed by atoms with Gasteiger partial charge in [-0.15, -0.1) is 11.3 Å². The Morgan fingerprint density at radius 3 is 2.76 bits per heavy atom. The Kier molecular flexibility index (Phi) is 4.33. The number of halogens is 3. The number of alkyl halides is 3. The van der Waals surface area contributed by atoms with E-state index in [0.29, 0.717) is 22.8 Å². The molecule has 0 unspecified atom stereocenters. The van der Waals surface area contributed by atoms with Crippen LogP contribution in [0.4, 0.5) is 13.2 Å². The molecule has 0 radical (unpaired) electrons. The number of rotatable bonds is 4. The first-order valence-corrected chi connectivity index (χ1v) is 6.84. The number of hydrogen-bond donors (Lipinski definition) is 2. The van der Waals surface area contributed by atoms with Crippen LogP contribution in [0.25, 0.3) is 10.6 Å². The van der Waals surface area contributed by atoms with Gasteiger partial charge in [0.05, 0.1) is 9.75 Å². The summed E-state index contributed by atoms with van der Waals surface area (Å²) in [5.41, 5.74) is 4.64. The zero-order valence-corrected chi connectivity index (χ0v) is 11.9. The molecule has 0 aliphatic heterocycles. The fourth-order valence-electron chi connectivity index (χ4n) is 1.72. The molecule has 0 spiro atoms. The summed E-state index contributed by atoms with van der Waals surface area (Å²) in [6.45, 7) is 0.660. The summed E-state index contributed by atoms with van der Waals surface area (Å²) in [6.07, 6.45) is -4.46. The number of aryl methyl sites for hydroxylation is 1. The molecular weight excluding hydrogens is 305 g/mol. The molecule has 0 aliphatic rings. The van der Waals surface area contributed by atoms with Crippen molar-refractivity contribution in [3.8, 4) is 10.6 Å². The predicted molar refractivity (Wildman–Crippen MR) is 72.9 cm³/mol. The van der Waals surface area contributed by atoms with E-state index in [4.69, 9.17) is 5.73 Å². The van der Waals surface area contributed by atoms with Crippen LogP contribution < -0.4 is 11.1 Å². The highest BCUT2D eigenvalue weighted by Gasteiger charge is 2.35. The molecule has 0 bridgehead atoms. The number of thiophene rings is 1.